The van der Waals surface area contributed by atoms with Crippen LogP contribution >= 0.6 is 15.9 Å². The van der Waals surface area contributed by atoms with Crippen molar-refractivity contribution in [3.05, 3.63) is 70.6 Å². The van der Waals surface area contributed by atoms with Crippen LogP contribution in [0.3, 0.4) is 0 Å². The number of aromatic nitrogens is 2. The molecule has 3 rings (SSSR count). The van der Waals surface area contributed by atoms with Crippen molar-refractivity contribution in [3.63, 3.8) is 0 Å². The Labute approximate surface area is 148 Å². The van der Waals surface area contributed by atoms with Crippen LogP contribution in [0.15, 0.2) is 59.2 Å². The molecule has 0 saturated heterocycles. The zero-order valence-electron chi connectivity index (χ0n) is 13.3. The molecular weight excluding hydrogens is 370 g/mol. The summed E-state index contributed by atoms with van der Waals surface area (Å²) in [4.78, 5) is 16.5. The number of hydrogen-bond acceptors (Lipinski definition) is 3. The lowest BCUT2D eigenvalue weighted by molar-refractivity contribution is 0.101. The van der Waals surface area contributed by atoms with Crippen LogP contribution in [-0.4, -0.2) is 15.5 Å². The highest BCUT2D eigenvalue weighted by Crippen LogP contribution is 2.23. The molecule has 0 atom stereocenters. The average molecular weight is 386 g/mol. The second-order valence-corrected chi connectivity index (χ2v) is 6.23. The van der Waals surface area contributed by atoms with Gasteiger partial charge < -0.3 is 14.6 Å². The van der Waals surface area contributed by atoms with Crippen LogP contribution in [0.1, 0.15) is 16.2 Å². The van der Waals surface area contributed by atoms with Gasteiger partial charge >= 0.3 is 0 Å². The van der Waals surface area contributed by atoms with Gasteiger partial charge in [-0.3, -0.25) is 4.79 Å². The Hall–Kier alpha value is -2.60. The summed E-state index contributed by atoms with van der Waals surface area (Å²) in [5.74, 6) is 0.974. The molecule has 122 valence electrons. The standard InChI is InChI=1S/C18H16BrN3O2/c1-12-6-8-16(22(12)2)18(23)21-14-7-9-17(20-11-14)24-15-5-3-4-13(19)10-15/h3-11H,1-2H3,(H,21,23). The molecule has 0 bridgehead atoms. The minimum atomic E-state index is -0.173. The predicted octanol–water partition coefficient (Wildman–Crippen LogP) is 4.54. The fourth-order valence-corrected chi connectivity index (χ4v) is 2.58. The van der Waals surface area contributed by atoms with Gasteiger partial charge in [0.25, 0.3) is 5.91 Å². The largest absolute Gasteiger partial charge is 0.439 e. The van der Waals surface area contributed by atoms with Gasteiger partial charge in [0.1, 0.15) is 11.4 Å². The maximum Gasteiger partial charge on any atom is 0.272 e. The molecule has 0 aliphatic carbocycles. The number of hydrogen-bond donors (Lipinski definition) is 1. The first-order chi connectivity index (χ1) is 11.5. The van der Waals surface area contributed by atoms with E-state index in [0.29, 0.717) is 23.0 Å². The van der Waals surface area contributed by atoms with Crippen molar-refractivity contribution in [2.75, 3.05) is 5.32 Å². The van der Waals surface area contributed by atoms with Gasteiger partial charge in [-0.2, -0.15) is 0 Å². The van der Waals surface area contributed by atoms with E-state index in [4.69, 9.17) is 4.74 Å². The maximum absolute atomic E-state index is 12.3. The second-order valence-electron chi connectivity index (χ2n) is 5.32. The Morgan fingerprint density at radius 1 is 1.21 bits per heavy atom. The lowest BCUT2D eigenvalue weighted by Crippen LogP contribution is -2.16. The molecule has 0 spiro atoms. The fourth-order valence-electron chi connectivity index (χ4n) is 2.20. The Morgan fingerprint density at radius 2 is 2.04 bits per heavy atom. The van der Waals surface area contributed by atoms with Crippen LogP contribution in [0.5, 0.6) is 11.6 Å². The molecule has 2 aromatic heterocycles. The zero-order valence-corrected chi connectivity index (χ0v) is 14.9. The van der Waals surface area contributed by atoms with E-state index in [-0.39, 0.29) is 5.91 Å². The molecule has 0 unspecified atom stereocenters. The van der Waals surface area contributed by atoms with Crippen LogP contribution in [0, 0.1) is 6.92 Å². The molecular formula is C18H16BrN3O2. The zero-order chi connectivity index (χ0) is 17.1. The molecule has 1 N–H and O–H groups in total. The van der Waals surface area contributed by atoms with Crippen molar-refractivity contribution in [2.45, 2.75) is 6.92 Å². The quantitative estimate of drug-likeness (QED) is 0.717. The first kappa shape index (κ1) is 16.3. The second kappa shape index (κ2) is 6.88. The van der Waals surface area contributed by atoms with E-state index in [2.05, 4.69) is 26.2 Å². The van der Waals surface area contributed by atoms with E-state index in [0.717, 1.165) is 10.2 Å². The van der Waals surface area contributed by atoms with Gasteiger partial charge in [0.15, 0.2) is 0 Å². The topological polar surface area (TPSA) is 56.1 Å². The molecule has 2 heterocycles. The van der Waals surface area contributed by atoms with E-state index in [1.54, 1.807) is 24.4 Å². The van der Waals surface area contributed by atoms with Crippen LogP contribution in [0.4, 0.5) is 5.69 Å². The third-order valence-corrected chi connectivity index (χ3v) is 4.11. The minimum absolute atomic E-state index is 0.173. The molecule has 3 aromatic rings. The number of halogens is 1. The number of amides is 1. The number of pyridine rings is 1. The monoisotopic (exact) mass is 385 g/mol. The number of anilines is 1. The lowest BCUT2D eigenvalue weighted by atomic mass is 10.3. The van der Waals surface area contributed by atoms with Crippen molar-refractivity contribution < 1.29 is 9.53 Å². The predicted molar refractivity (Wildman–Crippen MR) is 96.6 cm³/mol. The summed E-state index contributed by atoms with van der Waals surface area (Å²) < 4.78 is 8.44. The van der Waals surface area contributed by atoms with Gasteiger partial charge in [-0.25, -0.2) is 4.98 Å². The molecule has 0 aliphatic heterocycles. The van der Waals surface area contributed by atoms with Gasteiger partial charge in [-0.1, -0.05) is 22.0 Å². The van der Waals surface area contributed by atoms with Gasteiger partial charge in [0.2, 0.25) is 5.88 Å². The molecule has 6 heteroatoms. The van der Waals surface area contributed by atoms with E-state index in [9.17, 15) is 4.79 Å². The summed E-state index contributed by atoms with van der Waals surface area (Å²) >= 11 is 3.39. The first-order valence-electron chi connectivity index (χ1n) is 7.36. The van der Waals surface area contributed by atoms with Crippen molar-refractivity contribution in [1.82, 2.24) is 9.55 Å². The molecule has 24 heavy (non-hydrogen) atoms. The molecule has 1 aromatic carbocycles. The Bertz CT molecular complexity index is 872. The van der Waals surface area contributed by atoms with E-state index in [1.165, 1.54) is 0 Å². The van der Waals surface area contributed by atoms with Gasteiger partial charge in [-0.15, -0.1) is 0 Å². The third kappa shape index (κ3) is 3.65. The Balaban J connectivity index is 1.68. The highest BCUT2D eigenvalue weighted by molar-refractivity contribution is 9.10. The summed E-state index contributed by atoms with van der Waals surface area (Å²) in [6.07, 6.45) is 1.57. The van der Waals surface area contributed by atoms with Crippen molar-refractivity contribution in [2.24, 2.45) is 7.05 Å². The number of nitrogens with one attached hydrogen (secondary N) is 1. The van der Waals surface area contributed by atoms with Gasteiger partial charge in [-0.05, 0) is 43.3 Å². The molecule has 0 radical (unpaired) electrons. The fraction of sp³-hybridized carbons (Fsp3) is 0.111. The molecule has 0 aliphatic rings. The van der Waals surface area contributed by atoms with Crippen molar-refractivity contribution in [1.29, 1.82) is 0 Å². The summed E-state index contributed by atoms with van der Waals surface area (Å²) in [6.45, 7) is 1.95. The smallest absolute Gasteiger partial charge is 0.272 e. The SMILES string of the molecule is Cc1ccc(C(=O)Nc2ccc(Oc3cccc(Br)c3)nc2)n1C. The number of ether oxygens (including phenoxy) is 1. The molecule has 0 saturated carbocycles. The number of carbonyl (C=O) groups excluding carboxylic acids is 1. The summed E-state index contributed by atoms with van der Waals surface area (Å²) in [5, 5.41) is 2.83. The van der Waals surface area contributed by atoms with Crippen LogP contribution in [0.25, 0.3) is 0 Å². The van der Waals surface area contributed by atoms with Crippen molar-refractivity contribution in [3.8, 4) is 11.6 Å². The van der Waals surface area contributed by atoms with E-state index >= 15 is 0 Å². The molecule has 1 amide bonds. The number of nitrogens with zero attached hydrogens (tertiary/aromatic N) is 2. The van der Waals surface area contributed by atoms with E-state index < -0.39 is 0 Å². The summed E-state index contributed by atoms with van der Waals surface area (Å²) in [6, 6.07) is 14.7. The number of rotatable bonds is 4. The highest BCUT2D eigenvalue weighted by Gasteiger charge is 2.11. The molecule has 0 fully saturated rings. The Morgan fingerprint density at radius 3 is 2.67 bits per heavy atom. The number of benzene rings is 1. The normalized spacial score (nSPS) is 10.5. The van der Waals surface area contributed by atoms with Crippen LogP contribution in [-0.2, 0) is 7.05 Å². The average Bonchev–Trinajstić information content (AvgIpc) is 2.89. The lowest BCUT2D eigenvalue weighted by Gasteiger charge is -2.08. The van der Waals surface area contributed by atoms with Crippen LogP contribution in [0.2, 0.25) is 0 Å². The number of carbonyl (C=O) groups is 1. The van der Waals surface area contributed by atoms with E-state index in [1.807, 2.05) is 48.9 Å². The highest BCUT2D eigenvalue weighted by atomic mass is 79.9. The van der Waals surface area contributed by atoms with Crippen molar-refractivity contribution >= 4 is 27.5 Å². The minimum Gasteiger partial charge on any atom is -0.439 e. The van der Waals surface area contributed by atoms with Gasteiger partial charge in [0.05, 0.1) is 11.9 Å². The number of aryl methyl sites for hydroxylation is 1. The first-order valence-corrected chi connectivity index (χ1v) is 8.15. The summed E-state index contributed by atoms with van der Waals surface area (Å²) in [5.41, 5.74) is 2.23. The van der Waals surface area contributed by atoms with Gasteiger partial charge in [0, 0.05) is 23.3 Å². The third-order valence-electron chi connectivity index (χ3n) is 3.62. The molecule has 5 nitrogen and oxygen atoms in total. The Kier molecular flexibility index (Phi) is 4.66. The maximum atomic E-state index is 12.3. The summed E-state index contributed by atoms with van der Waals surface area (Å²) in [7, 11) is 1.86. The van der Waals surface area contributed by atoms with Crippen LogP contribution < -0.4 is 10.1 Å².